The van der Waals surface area contributed by atoms with E-state index in [1.54, 1.807) is 0 Å². The minimum atomic E-state index is -1.56. The number of carbonyl (C=O) groups is 1. The maximum atomic E-state index is 13.0. The Morgan fingerprint density at radius 2 is 2.05 bits per heavy atom. The van der Waals surface area contributed by atoms with Crippen molar-refractivity contribution in [3.8, 4) is 0 Å². The van der Waals surface area contributed by atoms with Crippen LogP contribution in [0.3, 0.4) is 0 Å². The fourth-order valence-electron chi connectivity index (χ4n) is 1.81. The van der Waals surface area contributed by atoms with E-state index in [0.717, 1.165) is 12.1 Å². The Hall–Kier alpha value is -1.60. The van der Waals surface area contributed by atoms with E-state index in [9.17, 15) is 18.0 Å². The molecule has 0 spiro atoms. The summed E-state index contributed by atoms with van der Waals surface area (Å²) in [6.07, 6.45) is 0.112. The molecule has 7 heteroatoms. The van der Waals surface area contributed by atoms with Crippen LogP contribution >= 0.6 is 0 Å². The van der Waals surface area contributed by atoms with Gasteiger partial charge in [-0.25, -0.2) is 13.2 Å². The normalized spacial score (nSPS) is 19.2. The Morgan fingerprint density at radius 3 is 2.63 bits per heavy atom. The molecular formula is C12H13F3N2O2. The number of nitrogens with one attached hydrogen (secondary N) is 2. The fourth-order valence-corrected chi connectivity index (χ4v) is 1.81. The van der Waals surface area contributed by atoms with Gasteiger partial charge in [-0.1, -0.05) is 0 Å². The summed E-state index contributed by atoms with van der Waals surface area (Å²) in [7, 11) is 0. The van der Waals surface area contributed by atoms with Crippen molar-refractivity contribution in [3.63, 3.8) is 0 Å². The molecule has 1 amide bonds. The average molecular weight is 274 g/mol. The first-order chi connectivity index (χ1) is 9.06. The summed E-state index contributed by atoms with van der Waals surface area (Å²) in [5.74, 6) is -4.65. The predicted octanol–water partition coefficient (Wildman–Crippen LogP) is 1.42. The number of morpholine rings is 1. The minimum Gasteiger partial charge on any atom is -0.378 e. The van der Waals surface area contributed by atoms with Crippen LogP contribution in [0.4, 0.5) is 18.9 Å². The second-order valence-corrected chi connectivity index (χ2v) is 4.23. The van der Waals surface area contributed by atoms with Crippen molar-refractivity contribution in [1.29, 1.82) is 0 Å². The lowest BCUT2D eigenvalue weighted by Crippen LogP contribution is -2.43. The predicted molar refractivity (Wildman–Crippen MR) is 62.2 cm³/mol. The number of benzene rings is 1. The quantitative estimate of drug-likeness (QED) is 0.820. The lowest BCUT2D eigenvalue weighted by molar-refractivity contribution is -0.117. The molecule has 2 N–H and O–H groups in total. The highest BCUT2D eigenvalue weighted by molar-refractivity contribution is 5.91. The molecule has 1 aromatic rings. The maximum absolute atomic E-state index is 13.0. The Morgan fingerprint density at radius 1 is 1.37 bits per heavy atom. The lowest BCUT2D eigenvalue weighted by Gasteiger charge is -2.23. The smallest absolute Gasteiger partial charge is 0.226 e. The first kappa shape index (κ1) is 13.8. The topological polar surface area (TPSA) is 50.4 Å². The third kappa shape index (κ3) is 3.68. The van der Waals surface area contributed by atoms with Crippen molar-refractivity contribution in [1.82, 2.24) is 5.32 Å². The molecule has 1 fully saturated rings. The van der Waals surface area contributed by atoms with E-state index in [1.165, 1.54) is 0 Å². The van der Waals surface area contributed by atoms with E-state index >= 15 is 0 Å². The number of hydrogen-bond acceptors (Lipinski definition) is 3. The number of anilines is 1. The van der Waals surface area contributed by atoms with Crippen molar-refractivity contribution in [2.45, 2.75) is 12.5 Å². The highest BCUT2D eigenvalue weighted by Gasteiger charge is 2.18. The zero-order chi connectivity index (χ0) is 13.8. The van der Waals surface area contributed by atoms with Crippen molar-refractivity contribution in [2.75, 3.05) is 25.1 Å². The van der Waals surface area contributed by atoms with Gasteiger partial charge in [-0.3, -0.25) is 4.79 Å². The van der Waals surface area contributed by atoms with Crippen LogP contribution in [0.1, 0.15) is 6.42 Å². The first-order valence-electron chi connectivity index (χ1n) is 5.82. The highest BCUT2D eigenvalue weighted by atomic mass is 19.2. The number of amides is 1. The van der Waals surface area contributed by atoms with Crippen molar-refractivity contribution < 1.29 is 22.7 Å². The van der Waals surface area contributed by atoms with Gasteiger partial charge < -0.3 is 15.4 Å². The van der Waals surface area contributed by atoms with Gasteiger partial charge in [0.1, 0.15) is 0 Å². The van der Waals surface area contributed by atoms with Crippen molar-refractivity contribution in [2.24, 2.45) is 0 Å². The van der Waals surface area contributed by atoms with Crippen LogP contribution in [0.25, 0.3) is 0 Å². The van der Waals surface area contributed by atoms with Crippen LogP contribution in [-0.2, 0) is 9.53 Å². The summed E-state index contributed by atoms with van der Waals surface area (Å²) < 4.78 is 43.8. The number of carbonyl (C=O) groups excluding carboxylic acids is 1. The summed E-state index contributed by atoms with van der Waals surface area (Å²) in [6.45, 7) is 1.64. The Balaban J connectivity index is 1.94. The third-order valence-corrected chi connectivity index (χ3v) is 2.70. The summed E-state index contributed by atoms with van der Waals surface area (Å²) in [5.41, 5.74) is -0.113. The van der Waals surface area contributed by atoms with Crippen molar-refractivity contribution >= 4 is 11.6 Å². The molecule has 2 rings (SSSR count). The molecule has 19 heavy (non-hydrogen) atoms. The largest absolute Gasteiger partial charge is 0.378 e. The SMILES string of the molecule is O=C(CC1COCCN1)Nc1cc(F)c(F)c(F)c1. The number of rotatable bonds is 3. The van der Waals surface area contributed by atoms with Gasteiger partial charge in [0.15, 0.2) is 17.5 Å². The van der Waals surface area contributed by atoms with Gasteiger partial charge in [0, 0.05) is 36.8 Å². The van der Waals surface area contributed by atoms with Crippen LogP contribution < -0.4 is 10.6 Å². The highest BCUT2D eigenvalue weighted by Crippen LogP contribution is 2.17. The van der Waals surface area contributed by atoms with Crippen molar-refractivity contribution in [3.05, 3.63) is 29.6 Å². The molecule has 0 radical (unpaired) electrons. The van der Waals surface area contributed by atoms with E-state index < -0.39 is 23.4 Å². The van der Waals surface area contributed by atoms with E-state index in [1.807, 2.05) is 0 Å². The zero-order valence-corrected chi connectivity index (χ0v) is 10.0. The average Bonchev–Trinajstić information content (AvgIpc) is 2.37. The van der Waals surface area contributed by atoms with Crippen LogP contribution in [0.2, 0.25) is 0 Å². The molecule has 0 aliphatic carbocycles. The summed E-state index contributed by atoms with van der Waals surface area (Å²) in [5, 5.41) is 5.39. The molecule has 1 saturated heterocycles. The molecule has 1 unspecified atom stereocenters. The van der Waals surface area contributed by atoms with Gasteiger partial charge in [-0.05, 0) is 0 Å². The second kappa shape index (κ2) is 6.03. The third-order valence-electron chi connectivity index (χ3n) is 2.70. The van der Waals surface area contributed by atoms with E-state index in [0.29, 0.717) is 19.8 Å². The maximum Gasteiger partial charge on any atom is 0.226 e. The molecule has 4 nitrogen and oxygen atoms in total. The van der Waals surface area contributed by atoms with Gasteiger partial charge >= 0.3 is 0 Å². The van der Waals surface area contributed by atoms with E-state index in [-0.39, 0.29) is 18.2 Å². The molecule has 1 atom stereocenters. The molecule has 0 aromatic heterocycles. The number of halogens is 3. The monoisotopic (exact) mass is 274 g/mol. The van der Waals surface area contributed by atoms with Crippen LogP contribution in [0, 0.1) is 17.5 Å². The molecule has 0 saturated carbocycles. The molecule has 104 valence electrons. The van der Waals surface area contributed by atoms with E-state index in [2.05, 4.69) is 10.6 Å². The molecule has 1 aliphatic rings. The summed E-state index contributed by atoms with van der Waals surface area (Å²) >= 11 is 0. The van der Waals surface area contributed by atoms with Crippen LogP contribution in [0.15, 0.2) is 12.1 Å². The summed E-state index contributed by atoms with van der Waals surface area (Å²) in [4.78, 5) is 11.6. The Bertz CT molecular complexity index is 453. The molecule has 1 aliphatic heterocycles. The lowest BCUT2D eigenvalue weighted by atomic mass is 10.2. The van der Waals surface area contributed by atoms with Gasteiger partial charge in [0.25, 0.3) is 0 Å². The van der Waals surface area contributed by atoms with Gasteiger partial charge in [0.05, 0.1) is 13.2 Å². The first-order valence-corrected chi connectivity index (χ1v) is 5.82. The standard InChI is InChI=1S/C12H13F3N2O2/c13-9-3-7(4-10(14)12(9)15)17-11(18)5-8-6-19-2-1-16-8/h3-4,8,16H,1-2,5-6H2,(H,17,18). The Kier molecular flexibility index (Phi) is 4.39. The molecule has 0 bridgehead atoms. The Labute approximate surface area is 107 Å². The summed E-state index contributed by atoms with van der Waals surface area (Å²) in [6, 6.07) is 1.34. The molecule has 1 aromatic carbocycles. The number of hydrogen-bond donors (Lipinski definition) is 2. The molecule has 1 heterocycles. The van der Waals surface area contributed by atoms with Gasteiger partial charge in [-0.2, -0.15) is 0 Å². The van der Waals surface area contributed by atoms with Gasteiger partial charge in [-0.15, -0.1) is 0 Å². The fraction of sp³-hybridized carbons (Fsp3) is 0.417. The molecular weight excluding hydrogens is 261 g/mol. The van der Waals surface area contributed by atoms with Gasteiger partial charge in [0.2, 0.25) is 5.91 Å². The minimum absolute atomic E-state index is 0.112. The number of ether oxygens (including phenoxy) is 1. The second-order valence-electron chi connectivity index (χ2n) is 4.23. The van der Waals surface area contributed by atoms with Crippen LogP contribution in [-0.4, -0.2) is 31.7 Å². The zero-order valence-electron chi connectivity index (χ0n) is 10.0. The van der Waals surface area contributed by atoms with Crippen LogP contribution in [0.5, 0.6) is 0 Å². The van der Waals surface area contributed by atoms with E-state index in [4.69, 9.17) is 4.74 Å².